The van der Waals surface area contributed by atoms with Gasteiger partial charge >= 0.3 is 18.2 Å². The number of aryl methyl sites for hydroxylation is 1. The highest BCUT2D eigenvalue weighted by Gasteiger charge is 2.28. The molecule has 0 bridgehead atoms. The number of esters is 1. The van der Waals surface area contributed by atoms with Crippen LogP contribution in [0.5, 0.6) is 0 Å². The quantitative estimate of drug-likeness (QED) is 0.405. The minimum absolute atomic E-state index is 0.0159. The van der Waals surface area contributed by atoms with Crippen LogP contribution in [0, 0.1) is 6.92 Å². The van der Waals surface area contributed by atoms with E-state index in [2.05, 4.69) is 9.97 Å². The number of aromatic nitrogens is 2. The third-order valence-corrected chi connectivity index (χ3v) is 3.91. The van der Waals surface area contributed by atoms with E-state index in [0.717, 1.165) is 11.8 Å². The van der Waals surface area contributed by atoms with Crippen LogP contribution in [-0.2, 0) is 9.53 Å². The lowest BCUT2D eigenvalue weighted by Crippen LogP contribution is -2.44. The first-order valence-corrected chi connectivity index (χ1v) is 9.11. The molecule has 0 saturated heterocycles. The van der Waals surface area contributed by atoms with Crippen LogP contribution in [0.3, 0.4) is 0 Å². The summed E-state index contributed by atoms with van der Waals surface area (Å²) < 4.78 is 46.1. The maximum atomic E-state index is 12.3. The largest absolute Gasteiger partial charge is 0.461 e. The van der Waals surface area contributed by atoms with Gasteiger partial charge in [0.15, 0.2) is 18.2 Å². The number of rotatable bonds is 6. The molecule has 0 aliphatic rings. The molecule has 3 amide bonds. The van der Waals surface area contributed by atoms with Crippen LogP contribution in [0.4, 0.5) is 18.0 Å². The first-order valence-electron chi connectivity index (χ1n) is 7.88. The molecule has 0 atom stereocenters. The fraction of sp³-hybridized carbons (Fsp3) is 0.312. The topological polar surface area (TPSA) is 123 Å². The molecule has 0 aliphatic carbocycles. The minimum atomic E-state index is -4.62. The molecule has 9 nitrogen and oxygen atoms in total. The van der Waals surface area contributed by atoms with E-state index in [1.807, 2.05) is 0 Å². The number of alkyl halides is 3. The van der Waals surface area contributed by atoms with Gasteiger partial charge in [-0.05, 0) is 25.3 Å². The Morgan fingerprint density at radius 3 is 2.59 bits per heavy atom. The lowest BCUT2D eigenvalue weighted by molar-refractivity contribution is -0.125. The van der Waals surface area contributed by atoms with Crippen LogP contribution in [0.25, 0.3) is 11.6 Å². The summed E-state index contributed by atoms with van der Waals surface area (Å²) in [4.78, 5) is 43.5. The van der Waals surface area contributed by atoms with Crippen molar-refractivity contribution in [3.05, 3.63) is 29.7 Å². The first kappa shape index (κ1) is 22.2. The van der Waals surface area contributed by atoms with Gasteiger partial charge in [0.1, 0.15) is 17.1 Å². The average Bonchev–Trinajstić information content (AvgIpc) is 3.18. The highest BCUT2D eigenvalue weighted by atomic mass is 32.2. The number of carbonyl (C=O) groups is 3. The zero-order valence-electron chi connectivity index (χ0n) is 15.1. The molecule has 0 saturated carbocycles. The first-order chi connectivity index (χ1) is 13.6. The molecule has 0 spiro atoms. The number of nitrogens with one attached hydrogen (secondary N) is 2. The van der Waals surface area contributed by atoms with Crippen LogP contribution in [0.15, 0.2) is 27.8 Å². The standard InChI is InChI=1S/C16H15F3N4O5S/c1-8-11(13(29-2)23-12(21-8)9-4-3-5-27-9)14(25)28-6-10(24)22-15(26)20-7-16(17,18)19/h3-5H,6-7H2,1-2H3,(H2,20,22,24,26). The Bertz CT molecular complexity index is 903. The summed E-state index contributed by atoms with van der Waals surface area (Å²) in [5.41, 5.74) is 0.284. The van der Waals surface area contributed by atoms with Crippen molar-refractivity contribution in [3.63, 3.8) is 0 Å². The number of furan rings is 1. The van der Waals surface area contributed by atoms with Gasteiger partial charge in [0, 0.05) is 0 Å². The van der Waals surface area contributed by atoms with Gasteiger partial charge in [-0.1, -0.05) is 0 Å². The van der Waals surface area contributed by atoms with Crippen molar-refractivity contribution in [1.29, 1.82) is 0 Å². The second-order valence-electron chi connectivity index (χ2n) is 5.42. The summed E-state index contributed by atoms with van der Waals surface area (Å²) in [7, 11) is 0. The van der Waals surface area contributed by atoms with E-state index in [0.29, 0.717) is 5.76 Å². The Morgan fingerprint density at radius 2 is 2.00 bits per heavy atom. The van der Waals surface area contributed by atoms with Crippen LogP contribution >= 0.6 is 11.8 Å². The van der Waals surface area contributed by atoms with Crippen LogP contribution in [0.2, 0.25) is 0 Å². The molecule has 0 unspecified atom stereocenters. The summed E-state index contributed by atoms with van der Waals surface area (Å²) in [6.07, 6.45) is -1.51. The van der Waals surface area contributed by atoms with Crippen molar-refractivity contribution in [3.8, 4) is 11.6 Å². The third-order valence-electron chi connectivity index (χ3n) is 3.23. The number of carbonyl (C=O) groups excluding carboxylic acids is 3. The third kappa shape index (κ3) is 6.48. The molecule has 2 N–H and O–H groups in total. The van der Waals surface area contributed by atoms with Gasteiger partial charge in [-0.2, -0.15) is 13.2 Å². The Hall–Kier alpha value is -3.09. The number of halogens is 3. The molecule has 0 aromatic carbocycles. The monoisotopic (exact) mass is 432 g/mol. The number of ether oxygens (including phenoxy) is 1. The second-order valence-corrected chi connectivity index (χ2v) is 6.21. The Kier molecular flexibility index (Phi) is 7.20. The predicted molar refractivity (Wildman–Crippen MR) is 94.1 cm³/mol. The van der Waals surface area contributed by atoms with E-state index in [9.17, 15) is 27.6 Å². The number of thioether (sulfide) groups is 1. The van der Waals surface area contributed by atoms with Gasteiger partial charge in [-0.25, -0.2) is 19.6 Å². The summed E-state index contributed by atoms with van der Waals surface area (Å²) in [6.45, 7) is -0.956. The fourth-order valence-corrected chi connectivity index (χ4v) is 2.65. The van der Waals surface area contributed by atoms with Gasteiger partial charge in [0.2, 0.25) is 0 Å². The SMILES string of the molecule is CSc1nc(-c2ccco2)nc(C)c1C(=O)OCC(=O)NC(=O)NCC(F)(F)F. The summed E-state index contributed by atoms with van der Waals surface area (Å²) in [6, 6.07) is 1.93. The van der Waals surface area contributed by atoms with Crippen LogP contribution < -0.4 is 10.6 Å². The lowest BCUT2D eigenvalue weighted by atomic mass is 10.2. The number of nitrogens with zero attached hydrogens (tertiary/aromatic N) is 2. The molecule has 29 heavy (non-hydrogen) atoms. The van der Waals surface area contributed by atoms with Gasteiger partial charge in [-0.3, -0.25) is 10.1 Å². The Morgan fingerprint density at radius 1 is 1.28 bits per heavy atom. The van der Waals surface area contributed by atoms with Gasteiger partial charge < -0.3 is 14.5 Å². The number of hydrogen-bond acceptors (Lipinski definition) is 8. The van der Waals surface area contributed by atoms with E-state index in [-0.39, 0.29) is 22.1 Å². The molecule has 0 aliphatic heterocycles. The smallest absolute Gasteiger partial charge is 0.405 e. The molecule has 13 heteroatoms. The van der Waals surface area contributed by atoms with E-state index in [1.54, 1.807) is 23.7 Å². The number of urea groups is 1. The van der Waals surface area contributed by atoms with Gasteiger partial charge in [-0.15, -0.1) is 11.8 Å². The van der Waals surface area contributed by atoms with Crippen molar-refractivity contribution < 1.29 is 36.7 Å². The predicted octanol–water partition coefficient (Wildman–Crippen LogP) is 2.31. The molecule has 156 valence electrons. The molecule has 2 aromatic rings. The van der Waals surface area contributed by atoms with Crippen LogP contribution in [0.1, 0.15) is 16.1 Å². The normalized spacial score (nSPS) is 11.1. The van der Waals surface area contributed by atoms with Gasteiger partial charge in [0.05, 0.1) is 12.0 Å². The summed E-state index contributed by atoms with van der Waals surface area (Å²) in [5.74, 6) is -1.38. The lowest BCUT2D eigenvalue weighted by Gasteiger charge is -2.11. The van der Waals surface area contributed by atoms with Crippen molar-refractivity contribution in [2.75, 3.05) is 19.4 Å². The average molecular weight is 432 g/mol. The number of hydrogen-bond donors (Lipinski definition) is 2. The van der Waals surface area contributed by atoms with Crippen LogP contribution in [-0.4, -0.2) is 53.5 Å². The van der Waals surface area contributed by atoms with E-state index in [4.69, 9.17) is 9.15 Å². The van der Waals surface area contributed by atoms with Crippen molar-refractivity contribution in [2.45, 2.75) is 18.1 Å². The Balaban J connectivity index is 2.00. The molecule has 2 aromatic heterocycles. The Labute approximate surface area is 166 Å². The number of imide groups is 1. The fourth-order valence-electron chi connectivity index (χ4n) is 2.04. The highest BCUT2D eigenvalue weighted by molar-refractivity contribution is 7.98. The molecule has 2 rings (SSSR count). The zero-order valence-corrected chi connectivity index (χ0v) is 15.9. The molecule has 0 fully saturated rings. The zero-order chi connectivity index (χ0) is 21.6. The summed E-state index contributed by atoms with van der Waals surface area (Å²) >= 11 is 1.14. The van der Waals surface area contributed by atoms with Crippen molar-refractivity contribution in [1.82, 2.24) is 20.6 Å². The van der Waals surface area contributed by atoms with E-state index in [1.165, 1.54) is 18.5 Å². The highest BCUT2D eigenvalue weighted by Crippen LogP contribution is 2.25. The second kappa shape index (κ2) is 9.41. The van der Waals surface area contributed by atoms with Crippen molar-refractivity contribution >= 4 is 29.7 Å². The number of amides is 3. The minimum Gasteiger partial charge on any atom is -0.461 e. The van der Waals surface area contributed by atoms with Gasteiger partial charge in [0.25, 0.3) is 5.91 Å². The van der Waals surface area contributed by atoms with Crippen molar-refractivity contribution in [2.24, 2.45) is 0 Å². The van der Waals surface area contributed by atoms with E-state index >= 15 is 0 Å². The molecular weight excluding hydrogens is 417 g/mol. The summed E-state index contributed by atoms with van der Waals surface area (Å²) in [5, 5.41) is 3.34. The maximum Gasteiger partial charge on any atom is 0.405 e. The van der Waals surface area contributed by atoms with E-state index < -0.39 is 37.2 Å². The maximum absolute atomic E-state index is 12.3. The molecule has 2 heterocycles. The molecular formula is C16H15F3N4O5S. The molecule has 0 radical (unpaired) electrons.